The molecular weight excluding hydrogens is 328 g/mol. The Morgan fingerprint density at radius 3 is 2.58 bits per heavy atom. The molecule has 2 aromatic carbocycles. The van der Waals surface area contributed by atoms with E-state index in [-0.39, 0.29) is 11.0 Å². The lowest BCUT2D eigenvalue weighted by Gasteiger charge is -2.16. The first-order valence-corrected chi connectivity index (χ1v) is 7.88. The van der Waals surface area contributed by atoms with Crippen LogP contribution < -0.4 is 5.43 Å². The molecule has 4 rings (SSSR count). The molecule has 0 saturated carbocycles. The first-order chi connectivity index (χ1) is 12.6. The number of hydrogen-bond acceptors (Lipinski definition) is 3. The van der Waals surface area contributed by atoms with Crippen molar-refractivity contribution in [3.05, 3.63) is 82.0 Å². The second kappa shape index (κ2) is 5.91. The molecule has 0 amide bonds. The molecule has 26 heavy (non-hydrogen) atoms. The molecule has 1 heterocycles. The summed E-state index contributed by atoms with van der Waals surface area (Å²) in [7, 11) is 0. The highest BCUT2D eigenvalue weighted by Crippen LogP contribution is 2.41. The maximum absolute atomic E-state index is 11.8. The van der Waals surface area contributed by atoms with E-state index < -0.39 is 5.97 Å². The predicted octanol–water partition coefficient (Wildman–Crippen LogP) is 4.24. The lowest BCUT2D eigenvalue weighted by atomic mass is 9.90. The van der Waals surface area contributed by atoms with Crippen LogP contribution >= 0.6 is 0 Å². The average Bonchev–Trinajstić information content (AvgIpc) is 2.65. The molecule has 0 unspecified atom stereocenters. The summed E-state index contributed by atoms with van der Waals surface area (Å²) in [6.07, 6.45) is 5.47. The Bertz CT molecular complexity index is 1240. The van der Waals surface area contributed by atoms with Crippen LogP contribution in [0.5, 0.6) is 0 Å². The van der Waals surface area contributed by atoms with Crippen molar-refractivity contribution in [2.45, 2.75) is 0 Å². The molecule has 0 radical (unpaired) electrons. The highest BCUT2D eigenvalue weighted by atomic mass is 16.4. The van der Waals surface area contributed by atoms with Crippen LogP contribution in [0, 0.1) is 12.3 Å². The fraction of sp³-hybridized carbons (Fsp3) is 0. The van der Waals surface area contributed by atoms with Gasteiger partial charge in [-0.15, -0.1) is 6.42 Å². The van der Waals surface area contributed by atoms with Gasteiger partial charge in [0.1, 0.15) is 11.3 Å². The van der Waals surface area contributed by atoms with E-state index in [9.17, 15) is 14.7 Å². The number of carboxylic acid groups (broad SMARTS) is 1. The van der Waals surface area contributed by atoms with Gasteiger partial charge in [-0.3, -0.25) is 4.79 Å². The van der Waals surface area contributed by atoms with Gasteiger partial charge in [-0.25, -0.2) is 4.79 Å². The molecule has 124 valence electrons. The molecule has 1 aliphatic heterocycles. The van der Waals surface area contributed by atoms with E-state index >= 15 is 0 Å². The number of hydrogen-bond donors (Lipinski definition) is 1. The largest absolute Gasteiger partial charge is 0.478 e. The zero-order chi connectivity index (χ0) is 18.3. The molecule has 2 aliphatic rings. The first-order valence-electron chi connectivity index (χ1n) is 7.88. The van der Waals surface area contributed by atoms with E-state index in [1.807, 2.05) is 6.07 Å². The third-order valence-corrected chi connectivity index (χ3v) is 4.29. The van der Waals surface area contributed by atoms with Gasteiger partial charge in [-0.2, -0.15) is 0 Å². The molecule has 0 saturated heterocycles. The molecule has 0 bridgehead atoms. The minimum atomic E-state index is -1.02. The standard InChI is InChI=1S/C22H12O4/c1-2-13-7-9-17-19(11-13)26-20-12-14(23)8-10-18(20)21(17)15-5-3-4-6-16(15)22(24)25/h1,3-12H,(H,24,25). The van der Waals surface area contributed by atoms with Crippen molar-refractivity contribution >= 4 is 16.9 Å². The van der Waals surface area contributed by atoms with Crippen molar-refractivity contribution in [2.75, 3.05) is 0 Å². The Morgan fingerprint density at radius 1 is 1.00 bits per heavy atom. The lowest BCUT2D eigenvalue weighted by molar-refractivity contribution is 0.0697. The highest BCUT2D eigenvalue weighted by Gasteiger charge is 2.21. The second-order valence-corrected chi connectivity index (χ2v) is 5.84. The maximum Gasteiger partial charge on any atom is 0.336 e. The van der Waals surface area contributed by atoms with Crippen molar-refractivity contribution in [1.29, 1.82) is 0 Å². The van der Waals surface area contributed by atoms with Gasteiger partial charge in [0.25, 0.3) is 0 Å². The Kier molecular flexibility index (Phi) is 3.56. The Balaban J connectivity index is 2.21. The molecular formula is C22H12O4. The van der Waals surface area contributed by atoms with Crippen molar-refractivity contribution < 1.29 is 14.3 Å². The Morgan fingerprint density at radius 2 is 1.81 bits per heavy atom. The fourth-order valence-electron chi connectivity index (χ4n) is 3.14. The van der Waals surface area contributed by atoms with Crippen molar-refractivity contribution in [1.82, 2.24) is 0 Å². The zero-order valence-corrected chi connectivity index (χ0v) is 13.5. The maximum atomic E-state index is 11.8. The summed E-state index contributed by atoms with van der Waals surface area (Å²) in [5.41, 5.74) is 3.03. The first kappa shape index (κ1) is 15.7. The molecule has 1 N–H and O–H groups in total. The number of benzene rings is 3. The third kappa shape index (κ3) is 2.43. The van der Waals surface area contributed by atoms with Crippen LogP contribution in [0.25, 0.3) is 33.4 Å². The summed E-state index contributed by atoms with van der Waals surface area (Å²) in [5.74, 6) is 1.91. The lowest BCUT2D eigenvalue weighted by Crippen LogP contribution is -2.03. The quantitative estimate of drug-likeness (QED) is 0.438. The number of terminal acetylenes is 1. The Hall–Kier alpha value is -3.84. The summed E-state index contributed by atoms with van der Waals surface area (Å²) in [5, 5.41) is 10.3. The minimum Gasteiger partial charge on any atom is -0.478 e. The van der Waals surface area contributed by atoms with Gasteiger partial charge in [-0.05, 0) is 42.0 Å². The smallest absolute Gasteiger partial charge is 0.336 e. The summed E-state index contributed by atoms with van der Waals surface area (Å²) in [4.78, 5) is 23.5. The van der Waals surface area contributed by atoms with Gasteiger partial charge >= 0.3 is 5.97 Å². The van der Waals surface area contributed by atoms with Gasteiger partial charge in [0, 0.05) is 28.1 Å². The van der Waals surface area contributed by atoms with Gasteiger partial charge < -0.3 is 9.52 Å². The molecule has 0 atom stereocenters. The number of rotatable bonds is 2. The molecule has 0 aromatic heterocycles. The van der Waals surface area contributed by atoms with Crippen LogP contribution in [0.2, 0.25) is 0 Å². The minimum absolute atomic E-state index is 0.175. The van der Waals surface area contributed by atoms with Crippen LogP contribution in [-0.4, -0.2) is 11.1 Å². The monoisotopic (exact) mass is 340 g/mol. The van der Waals surface area contributed by atoms with E-state index in [1.165, 1.54) is 12.1 Å². The number of fused-ring (bicyclic) bond motifs is 2. The van der Waals surface area contributed by atoms with E-state index in [2.05, 4.69) is 5.92 Å². The van der Waals surface area contributed by atoms with Crippen LogP contribution in [0.15, 0.2) is 69.9 Å². The highest BCUT2D eigenvalue weighted by molar-refractivity contribution is 6.07. The van der Waals surface area contributed by atoms with Gasteiger partial charge in [0.2, 0.25) is 0 Å². The number of carbonyl (C=O) groups is 1. The zero-order valence-electron chi connectivity index (χ0n) is 13.5. The number of carboxylic acids is 1. The summed E-state index contributed by atoms with van der Waals surface area (Å²) in [6.45, 7) is 0. The normalized spacial score (nSPS) is 10.7. The molecule has 0 fully saturated rings. The number of aromatic carboxylic acids is 1. The second-order valence-electron chi connectivity index (χ2n) is 5.84. The van der Waals surface area contributed by atoms with Gasteiger partial charge in [0.05, 0.1) is 5.56 Å². The average molecular weight is 340 g/mol. The molecule has 2 aromatic rings. The predicted molar refractivity (Wildman–Crippen MR) is 99.4 cm³/mol. The van der Waals surface area contributed by atoms with Crippen LogP contribution in [0.3, 0.4) is 0 Å². The summed E-state index contributed by atoms with van der Waals surface area (Å²) in [6, 6.07) is 16.5. The van der Waals surface area contributed by atoms with Gasteiger partial charge in [-0.1, -0.05) is 24.1 Å². The van der Waals surface area contributed by atoms with E-state index in [1.54, 1.807) is 42.5 Å². The van der Waals surface area contributed by atoms with Crippen molar-refractivity contribution in [3.8, 4) is 34.8 Å². The molecule has 4 nitrogen and oxygen atoms in total. The van der Waals surface area contributed by atoms with E-state index in [0.29, 0.717) is 33.6 Å². The van der Waals surface area contributed by atoms with Crippen molar-refractivity contribution in [2.24, 2.45) is 0 Å². The molecule has 4 heteroatoms. The van der Waals surface area contributed by atoms with E-state index in [0.717, 1.165) is 5.39 Å². The summed E-state index contributed by atoms with van der Waals surface area (Å²) < 4.78 is 5.89. The third-order valence-electron chi connectivity index (χ3n) is 4.29. The van der Waals surface area contributed by atoms with Gasteiger partial charge in [0.15, 0.2) is 5.43 Å². The van der Waals surface area contributed by atoms with Crippen LogP contribution in [-0.2, 0) is 0 Å². The van der Waals surface area contributed by atoms with Crippen LogP contribution in [0.1, 0.15) is 15.9 Å². The SMILES string of the molecule is C#Cc1ccc2c(-c3ccccc3C(=O)O)c3ccc(=O)cc-3oc2c1. The van der Waals surface area contributed by atoms with E-state index in [4.69, 9.17) is 10.8 Å². The molecule has 1 aliphatic carbocycles. The topological polar surface area (TPSA) is 67.5 Å². The van der Waals surface area contributed by atoms with Crippen LogP contribution in [0.4, 0.5) is 0 Å². The Labute approximate surface area is 148 Å². The molecule has 0 spiro atoms. The fourth-order valence-corrected chi connectivity index (χ4v) is 3.14. The van der Waals surface area contributed by atoms with Crippen molar-refractivity contribution in [3.63, 3.8) is 0 Å². The summed E-state index contributed by atoms with van der Waals surface area (Å²) >= 11 is 0.